The van der Waals surface area contributed by atoms with E-state index in [1.807, 2.05) is 0 Å². The van der Waals surface area contributed by atoms with E-state index in [4.69, 9.17) is 0 Å². The molecule has 0 saturated heterocycles. The van der Waals surface area contributed by atoms with Crippen LogP contribution in [-0.4, -0.2) is 5.78 Å². The quantitative estimate of drug-likeness (QED) is 0.725. The van der Waals surface area contributed by atoms with Gasteiger partial charge in [0, 0.05) is 5.92 Å². The molecule has 1 aromatic rings. The molecule has 0 bridgehead atoms. The molecule has 0 amide bonds. The number of rotatable bonds is 5. The predicted octanol–water partition coefficient (Wildman–Crippen LogP) is 3.37. The first-order chi connectivity index (χ1) is 7.13. The highest BCUT2D eigenvalue weighted by Gasteiger charge is 2.13. The van der Waals surface area contributed by atoms with Gasteiger partial charge in [-0.05, 0) is 37.5 Å². The van der Waals surface area contributed by atoms with Gasteiger partial charge in [-0.1, -0.05) is 25.5 Å². The Morgan fingerprint density at radius 1 is 1.33 bits per heavy atom. The molecule has 0 radical (unpaired) electrons. The molecule has 1 rings (SSSR count). The number of carbonyl (C=O) groups is 1. The zero-order valence-corrected chi connectivity index (χ0v) is 9.29. The van der Waals surface area contributed by atoms with Gasteiger partial charge in [-0.3, -0.25) is 4.79 Å². The van der Waals surface area contributed by atoms with E-state index in [1.54, 1.807) is 19.1 Å². The molecule has 0 heterocycles. The third-order valence-corrected chi connectivity index (χ3v) is 2.61. The van der Waals surface area contributed by atoms with E-state index in [2.05, 4.69) is 6.92 Å². The van der Waals surface area contributed by atoms with E-state index in [1.165, 1.54) is 12.1 Å². The first-order valence-electron chi connectivity index (χ1n) is 5.38. The first kappa shape index (κ1) is 11.9. The van der Waals surface area contributed by atoms with Gasteiger partial charge < -0.3 is 0 Å². The van der Waals surface area contributed by atoms with E-state index in [9.17, 15) is 9.18 Å². The second-order valence-electron chi connectivity index (χ2n) is 3.93. The summed E-state index contributed by atoms with van der Waals surface area (Å²) < 4.78 is 12.7. The van der Waals surface area contributed by atoms with E-state index < -0.39 is 0 Å². The summed E-state index contributed by atoms with van der Waals surface area (Å²) in [5.74, 6) is 0.0789. The fraction of sp³-hybridized carbons (Fsp3) is 0.462. The van der Waals surface area contributed by atoms with Gasteiger partial charge in [-0.2, -0.15) is 0 Å². The molecular formula is C13H17FO. The Morgan fingerprint density at radius 2 is 1.93 bits per heavy atom. The van der Waals surface area contributed by atoms with Gasteiger partial charge in [0.15, 0.2) is 0 Å². The maximum absolute atomic E-state index is 12.7. The van der Waals surface area contributed by atoms with Crippen LogP contribution in [0.2, 0.25) is 0 Å². The Kier molecular flexibility index (Phi) is 4.47. The number of halogens is 1. The molecule has 0 fully saturated rings. The van der Waals surface area contributed by atoms with Crippen molar-refractivity contribution in [1.82, 2.24) is 0 Å². The number of hydrogen-bond acceptors (Lipinski definition) is 1. The molecule has 0 aliphatic rings. The maximum atomic E-state index is 12.7. The lowest BCUT2D eigenvalue weighted by molar-refractivity contribution is -0.120. The standard InChI is InChI=1S/C13H17FO/c1-3-4-12(10(2)15)9-11-5-7-13(14)8-6-11/h5-8,12H,3-4,9H2,1-2H3. The van der Waals surface area contributed by atoms with Crippen LogP contribution in [0.3, 0.4) is 0 Å². The first-order valence-corrected chi connectivity index (χ1v) is 5.38. The fourth-order valence-corrected chi connectivity index (χ4v) is 1.70. The minimum absolute atomic E-state index is 0.0838. The molecule has 0 spiro atoms. The van der Waals surface area contributed by atoms with Crippen molar-refractivity contribution in [3.8, 4) is 0 Å². The summed E-state index contributed by atoms with van der Waals surface area (Å²) in [6.07, 6.45) is 2.64. The molecule has 0 N–H and O–H groups in total. The van der Waals surface area contributed by atoms with Crippen molar-refractivity contribution in [3.63, 3.8) is 0 Å². The number of ketones is 1. The average Bonchev–Trinajstić information content (AvgIpc) is 2.20. The smallest absolute Gasteiger partial charge is 0.133 e. The normalized spacial score (nSPS) is 12.5. The van der Waals surface area contributed by atoms with E-state index in [0.29, 0.717) is 0 Å². The molecule has 2 heteroatoms. The second-order valence-corrected chi connectivity index (χ2v) is 3.93. The lowest BCUT2D eigenvalue weighted by atomic mass is 9.92. The monoisotopic (exact) mass is 208 g/mol. The molecule has 0 saturated carbocycles. The van der Waals surface area contributed by atoms with Crippen LogP contribution in [0.4, 0.5) is 4.39 Å². The predicted molar refractivity (Wildman–Crippen MR) is 59.2 cm³/mol. The van der Waals surface area contributed by atoms with Crippen molar-refractivity contribution in [3.05, 3.63) is 35.6 Å². The molecule has 1 nitrogen and oxygen atoms in total. The lowest BCUT2D eigenvalue weighted by Gasteiger charge is -2.12. The Labute approximate surface area is 90.3 Å². The number of hydrogen-bond donors (Lipinski definition) is 0. The molecule has 0 aliphatic heterocycles. The SMILES string of the molecule is CCCC(Cc1ccc(F)cc1)C(C)=O. The third kappa shape index (κ3) is 3.82. The van der Waals surface area contributed by atoms with Crippen LogP contribution in [0.5, 0.6) is 0 Å². The van der Waals surface area contributed by atoms with Crippen LogP contribution in [-0.2, 0) is 11.2 Å². The molecule has 0 aliphatic carbocycles. The molecule has 82 valence electrons. The van der Waals surface area contributed by atoms with Crippen molar-refractivity contribution in [1.29, 1.82) is 0 Å². The number of benzene rings is 1. The molecule has 0 aromatic heterocycles. The van der Waals surface area contributed by atoms with Gasteiger partial charge in [0.1, 0.15) is 11.6 Å². The summed E-state index contributed by atoms with van der Waals surface area (Å²) in [6, 6.07) is 6.39. The Bertz CT molecular complexity index is 316. The van der Waals surface area contributed by atoms with E-state index >= 15 is 0 Å². The third-order valence-electron chi connectivity index (χ3n) is 2.61. The molecule has 1 atom stereocenters. The highest BCUT2D eigenvalue weighted by atomic mass is 19.1. The Balaban J connectivity index is 2.65. The number of carbonyl (C=O) groups excluding carboxylic acids is 1. The summed E-state index contributed by atoms with van der Waals surface area (Å²) in [4.78, 5) is 11.3. The second kappa shape index (κ2) is 5.64. The van der Waals surface area contributed by atoms with Crippen LogP contribution in [0, 0.1) is 11.7 Å². The zero-order chi connectivity index (χ0) is 11.3. The van der Waals surface area contributed by atoms with Crippen molar-refractivity contribution >= 4 is 5.78 Å². The summed E-state index contributed by atoms with van der Waals surface area (Å²) in [5.41, 5.74) is 1.03. The molecule has 1 unspecified atom stereocenters. The topological polar surface area (TPSA) is 17.1 Å². The lowest BCUT2D eigenvalue weighted by Crippen LogP contribution is -2.13. The van der Waals surface area contributed by atoms with Crippen LogP contribution >= 0.6 is 0 Å². The van der Waals surface area contributed by atoms with Crippen molar-refractivity contribution in [2.24, 2.45) is 5.92 Å². The minimum atomic E-state index is -0.228. The summed E-state index contributed by atoms with van der Waals surface area (Å²) in [5, 5.41) is 0. The Morgan fingerprint density at radius 3 is 2.40 bits per heavy atom. The van der Waals surface area contributed by atoms with Crippen LogP contribution in [0.1, 0.15) is 32.3 Å². The molecule has 1 aromatic carbocycles. The van der Waals surface area contributed by atoms with Gasteiger partial charge in [0.25, 0.3) is 0 Å². The van der Waals surface area contributed by atoms with Gasteiger partial charge in [0.05, 0.1) is 0 Å². The van der Waals surface area contributed by atoms with E-state index in [0.717, 1.165) is 24.8 Å². The maximum Gasteiger partial charge on any atom is 0.133 e. The van der Waals surface area contributed by atoms with Gasteiger partial charge >= 0.3 is 0 Å². The zero-order valence-electron chi connectivity index (χ0n) is 9.29. The number of Topliss-reactive ketones (excluding diaryl/α,β-unsaturated/α-hetero) is 1. The average molecular weight is 208 g/mol. The van der Waals surface area contributed by atoms with Crippen molar-refractivity contribution in [2.45, 2.75) is 33.1 Å². The van der Waals surface area contributed by atoms with Gasteiger partial charge in [-0.15, -0.1) is 0 Å². The highest BCUT2D eigenvalue weighted by molar-refractivity contribution is 5.78. The van der Waals surface area contributed by atoms with Gasteiger partial charge in [0.2, 0.25) is 0 Å². The summed E-state index contributed by atoms with van der Waals surface area (Å²) in [6.45, 7) is 3.70. The molecular weight excluding hydrogens is 191 g/mol. The fourth-order valence-electron chi connectivity index (χ4n) is 1.70. The summed E-state index contributed by atoms with van der Waals surface area (Å²) in [7, 11) is 0. The Hall–Kier alpha value is -1.18. The van der Waals surface area contributed by atoms with E-state index in [-0.39, 0.29) is 17.5 Å². The molecule has 15 heavy (non-hydrogen) atoms. The van der Waals surface area contributed by atoms with Crippen LogP contribution < -0.4 is 0 Å². The highest BCUT2D eigenvalue weighted by Crippen LogP contribution is 2.15. The van der Waals surface area contributed by atoms with Gasteiger partial charge in [-0.25, -0.2) is 4.39 Å². The van der Waals surface area contributed by atoms with Crippen molar-refractivity contribution in [2.75, 3.05) is 0 Å². The largest absolute Gasteiger partial charge is 0.300 e. The summed E-state index contributed by atoms with van der Waals surface area (Å²) >= 11 is 0. The minimum Gasteiger partial charge on any atom is -0.300 e. The van der Waals surface area contributed by atoms with Crippen LogP contribution in [0.15, 0.2) is 24.3 Å². The van der Waals surface area contributed by atoms with Crippen LogP contribution in [0.25, 0.3) is 0 Å². The van der Waals surface area contributed by atoms with Crippen molar-refractivity contribution < 1.29 is 9.18 Å².